The fourth-order valence-electron chi connectivity index (χ4n) is 0.652. The Morgan fingerprint density at radius 1 is 1.80 bits per heavy atom. The number of nitrogens with one attached hydrogen (secondary N) is 2. The molecule has 1 aromatic rings. The number of rotatable bonds is 1. The number of hydrogen-bond acceptors (Lipinski definition) is 2. The van der Waals surface area contributed by atoms with Crippen molar-refractivity contribution in [3.05, 3.63) is 12.0 Å². The third kappa shape index (κ3) is 1.54. The summed E-state index contributed by atoms with van der Waals surface area (Å²) in [5, 5.41) is 2.94. The van der Waals surface area contributed by atoms with Crippen LogP contribution in [0, 0.1) is 6.92 Å². The third-order valence-corrected chi connectivity index (χ3v) is 1.23. The summed E-state index contributed by atoms with van der Waals surface area (Å²) in [6.45, 7) is 3.76. The Morgan fingerprint density at radius 3 is 2.90 bits per heavy atom. The van der Waals surface area contributed by atoms with Crippen LogP contribution in [0.15, 0.2) is 6.33 Å². The van der Waals surface area contributed by atoms with Gasteiger partial charge in [-0.25, -0.2) is 4.98 Å². The van der Waals surface area contributed by atoms with Crippen molar-refractivity contribution in [2.45, 2.75) is 13.8 Å². The molecule has 10 heavy (non-hydrogen) atoms. The molecule has 0 saturated heterocycles. The van der Waals surface area contributed by atoms with Gasteiger partial charge in [-0.2, -0.15) is 0 Å². The summed E-state index contributed by atoms with van der Waals surface area (Å²) in [5.74, 6) is 0.813. The lowest BCUT2D eigenvalue weighted by molar-refractivity contribution is 1.25. The van der Waals surface area contributed by atoms with E-state index in [4.69, 9.17) is 12.2 Å². The molecule has 0 spiro atoms. The molecule has 0 radical (unpaired) electrons. The molecule has 0 unspecified atom stereocenters. The summed E-state index contributed by atoms with van der Waals surface area (Å²) >= 11 is 4.84. The number of aromatic nitrogens is 2. The molecule has 0 bridgehead atoms. The second kappa shape index (κ2) is 2.79. The van der Waals surface area contributed by atoms with Crippen molar-refractivity contribution in [3.63, 3.8) is 0 Å². The van der Waals surface area contributed by atoms with Gasteiger partial charge in [0.05, 0.1) is 17.0 Å². The van der Waals surface area contributed by atoms with Gasteiger partial charge in [0.25, 0.3) is 0 Å². The molecule has 0 aliphatic carbocycles. The highest BCUT2D eigenvalue weighted by molar-refractivity contribution is 7.80. The first kappa shape index (κ1) is 7.21. The predicted molar refractivity (Wildman–Crippen MR) is 45.2 cm³/mol. The number of H-pyrrole nitrogens is 1. The summed E-state index contributed by atoms with van der Waals surface area (Å²) in [5.41, 5.74) is 1.00. The summed E-state index contributed by atoms with van der Waals surface area (Å²) < 4.78 is 0. The first-order valence-corrected chi connectivity index (χ1v) is 3.38. The highest BCUT2D eigenvalue weighted by Crippen LogP contribution is 2.06. The number of nitrogens with zero attached hydrogens (tertiary/aromatic N) is 1. The van der Waals surface area contributed by atoms with Gasteiger partial charge in [0.1, 0.15) is 0 Å². The van der Waals surface area contributed by atoms with E-state index in [1.54, 1.807) is 6.33 Å². The SMILES string of the molecule is CC(=S)Nc1nc[nH]c1C. The maximum absolute atomic E-state index is 4.84. The van der Waals surface area contributed by atoms with Gasteiger partial charge in [-0.3, -0.25) is 0 Å². The molecule has 1 heterocycles. The predicted octanol–water partition coefficient (Wildman–Crippen LogP) is 1.48. The standard InChI is InChI=1S/C6H9N3S/c1-4-6(8-3-7-4)9-5(2)10/h3H,1-2H3,(H,7,8)(H,9,10). The zero-order chi connectivity index (χ0) is 7.56. The van der Waals surface area contributed by atoms with Gasteiger partial charge in [0.15, 0.2) is 5.82 Å². The van der Waals surface area contributed by atoms with Gasteiger partial charge >= 0.3 is 0 Å². The van der Waals surface area contributed by atoms with Crippen LogP contribution in [0.1, 0.15) is 12.6 Å². The van der Waals surface area contributed by atoms with Crippen LogP contribution >= 0.6 is 12.2 Å². The zero-order valence-corrected chi connectivity index (χ0v) is 6.75. The van der Waals surface area contributed by atoms with E-state index in [-0.39, 0.29) is 0 Å². The van der Waals surface area contributed by atoms with Crippen LogP contribution in [0.2, 0.25) is 0 Å². The molecule has 1 aromatic heterocycles. The Kier molecular flexibility index (Phi) is 2.01. The Balaban J connectivity index is 2.74. The van der Waals surface area contributed by atoms with E-state index in [9.17, 15) is 0 Å². The van der Waals surface area contributed by atoms with Gasteiger partial charge in [-0.05, 0) is 13.8 Å². The smallest absolute Gasteiger partial charge is 0.151 e. The van der Waals surface area contributed by atoms with Crippen LogP contribution in [0.3, 0.4) is 0 Å². The minimum Gasteiger partial charge on any atom is -0.347 e. The van der Waals surface area contributed by atoms with Crippen LogP contribution in [0.4, 0.5) is 5.82 Å². The van der Waals surface area contributed by atoms with Crippen molar-refractivity contribution < 1.29 is 0 Å². The summed E-state index contributed by atoms with van der Waals surface area (Å²) in [7, 11) is 0. The minimum absolute atomic E-state index is 0.732. The monoisotopic (exact) mass is 155 g/mol. The largest absolute Gasteiger partial charge is 0.347 e. The number of imidazole rings is 1. The van der Waals surface area contributed by atoms with E-state index in [1.165, 1.54) is 0 Å². The van der Waals surface area contributed by atoms with Gasteiger partial charge in [-0.15, -0.1) is 0 Å². The van der Waals surface area contributed by atoms with Crippen molar-refractivity contribution in [2.24, 2.45) is 0 Å². The molecular formula is C6H9N3S. The maximum Gasteiger partial charge on any atom is 0.151 e. The number of thiocarbonyl (C=S) groups is 1. The number of aromatic amines is 1. The minimum atomic E-state index is 0.732. The van der Waals surface area contributed by atoms with Crippen LogP contribution in [0.25, 0.3) is 0 Å². The fraction of sp³-hybridized carbons (Fsp3) is 0.333. The molecule has 3 nitrogen and oxygen atoms in total. The molecule has 54 valence electrons. The zero-order valence-electron chi connectivity index (χ0n) is 5.93. The van der Waals surface area contributed by atoms with E-state index >= 15 is 0 Å². The molecule has 4 heteroatoms. The molecule has 0 fully saturated rings. The molecule has 2 N–H and O–H groups in total. The van der Waals surface area contributed by atoms with E-state index < -0.39 is 0 Å². The van der Waals surface area contributed by atoms with Gasteiger partial charge in [-0.1, -0.05) is 12.2 Å². The van der Waals surface area contributed by atoms with Gasteiger partial charge < -0.3 is 10.3 Å². The average molecular weight is 155 g/mol. The summed E-state index contributed by atoms with van der Waals surface area (Å²) in [6, 6.07) is 0. The fourth-order valence-corrected chi connectivity index (χ4v) is 0.748. The quantitative estimate of drug-likeness (QED) is 0.603. The maximum atomic E-state index is 4.84. The third-order valence-electron chi connectivity index (χ3n) is 1.12. The number of aryl methyl sites for hydroxylation is 1. The highest BCUT2D eigenvalue weighted by Gasteiger charge is 1.97. The lowest BCUT2D eigenvalue weighted by atomic mass is 10.5. The molecule has 0 saturated carbocycles. The van der Waals surface area contributed by atoms with E-state index in [2.05, 4.69) is 15.3 Å². The Hall–Kier alpha value is -0.900. The van der Waals surface area contributed by atoms with Crippen molar-refractivity contribution in [3.8, 4) is 0 Å². The lowest BCUT2D eigenvalue weighted by Gasteiger charge is -1.98. The Labute approximate surface area is 64.9 Å². The van der Waals surface area contributed by atoms with Gasteiger partial charge in [0, 0.05) is 0 Å². The van der Waals surface area contributed by atoms with Crippen LogP contribution in [-0.2, 0) is 0 Å². The topological polar surface area (TPSA) is 40.7 Å². The number of anilines is 1. The molecule has 0 atom stereocenters. The van der Waals surface area contributed by atoms with Crippen molar-refractivity contribution >= 4 is 23.0 Å². The lowest BCUT2D eigenvalue weighted by Crippen LogP contribution is -2.04. The Bertz CT molecular complexity index is 241. The van der Waals surface area contributed by atoms with Crippen molar-refractivity contribution in [1.82, 2.24) is 9.97 Å². The Morgan fingerprint density at radius 2 is 2.50 bits per heavy atom. The molecule has 0 amide bonds. The van der Waals surface area contributed by atoms with Crippen molar-refractivity contribution in [2.75, 3.05) is 5.32 Å². The van der Waals surface area contributed by atoms with Crippen LogP contribution < -0.4 is 5.32 Å². The van der Waals surface area contributed by atoms with E-state index in [0.717, 1.165) is 16.5 Å². The normalized spacial score (nSPS) is 9.40. The number of hydrogen-bond donors (Lipinski definition) is 2. The van der Waals surface area contributed by atoms with Crippen molar-refractivity contribution in [1.29, 1.82) is 0 Å². The first-order valence-electron chi connectivity index (χ1n) is 2.97. The first-order chi connectivity index (χ1) is 4.70. The van der Waals surface area contributed by atoms with Crippen LogP contribution in [-0.4, -0.2) is 15.0 Å². The molecule has 0 aromatic carbocycles. The second-order valence-corrected chi connectivity index (χ2v) is 2.67. The molecule has 1 rings (SSSR count). The average Bonchev–Trinajstić information content (AvgIpc) is 2.15. The second-order valence-electron chi connectivity index (χ2n) is 2.06. The van der Waals surface area contributed by atoms with E-state index in [1.807, 2.05) is 13.8 Å². The van der Waals surface area contributed by atoms with Crippen LogP contribution in [0.5, 0.6) is 0 Å². The molecular weight excluding hydrogens is 146 g/mol. The summed E-state index contributed by atoms with van der Waals surface area (Å²) in [4.78, 5) is 7.67. The molecule has 0 aliphatic heterocycles. The highest BCUT2D eigenvalue weighted by atomic mass is 32.1. The summed E-state index contributed by atoms with van der Waals surface area (Å²) in [6.07, 6.45) is 1.63. The molecule has 0 aliphatic rings. The van der Waals surface area contributed by atoms with Gasteiger partial charge in [0.2, 0.25) is 0 Å². The van der Waals surface area contributed by atoms with E-state index in [0.29, 0.717) is 0 Å².